The summed E-state index contributed by atoms with van der Waals surface area (Å²) in [6.07, 6.45) is 1.00. The molecule has 0 amide bonds. The Morgan fingerprint density at radius 3 is 2.27 bits per heavy atom. The highest BCUT2D eigenvalue weighted by atomic mass is 14.6. The van der Waals surface area contributed by atoms with Gasteiger partial charge in [-0.15, -0.1) is 0 Å². The Hall–Kier alpha value is -0.820. The standard InChI is InChI=1S/C10H15N/c1-3-10(11)9-6-4-8(2)5-7-9/h4-7,10H,3,11H2,1-2H3. The van der Waals surface area contributed by atoms with Crippen molar-refractivity contribution in [2.24, 2.45) is 5.73 Å². The van der Waals surface area contributed by atoms with E-state index in [4.69, 9.17) is 5.73 Å². The van der Waals surface area contributed by atoms with Crippen molar-refractivity contribution in [2.75, 3.05) is 0 Å². The lowest BCUT2D eigenvalue weighted by Gasteiger charge is -2.08. The Morgan fingerprint density at radius 2 is 1.82 bits per heavy atom. The summed E-state index contributed by atoms with van der Waals surface area (Å²) in [5.41, 5.74) is 8.37. The molecule has 1 aromatic carbocycles. The van der Waals surface area contributed by atoms with Crippen LogP contribution in [0.3, 0.4) is 0 Å². The van der Waals surface area contributed by atoms with Gasteiger partial charge in [-0.1, -0.05) is 36.8 Å². The molecule has 60 valence electrons. The molecule has 0 aliphatic carbocycles. The van der Waals surface area contributed by atoms with Crippen LogP contribution in [0.1, 0.15) is 30.5 Å². The van der Waals surface area contributed by atoms with Crippen LogP contribution in [0.5, 0.6) is 0 Å². The van der Waals surface area contributed by atoms with Crippen molar-refractivity contribution in [1.82, 2.24) is 0 Å². The Bertz CT molecular complexity index is 213. The number of benzene rings is 1. The van der Waals surface area contributed by atoms with Gasteiger partial charge in [0, 0.05) is 6.04 Å². The molecule has 1 atom stereocenters. The zero-order valence-corrected chi connectivity index (χ0v) is 7.17. The molecule has 1 nitrogen and oxygen atoms in total. The highest BCUT2D eigenvalue weighted by molar-refractivity contribution is 5.23. The molecule has 0 bridgehead atoms. The lowest BCUT2D eigenvalue weighted by molar-refractivity contribution is 0.698. The number of aryl methyl sites for hydroxylation is 1. The minimum Gasteiger partial charge on any atom is -0.324 e. The zero-order chi connectivity index (χ0) is 8.27. The van der Waals surface area contributed by atoms with E-state index in [1.165, 1.54) is 11.1 Å². The van der Waals surface area contributed by atoms with Crippen molar-refractivity contribution in [3.05, 3.63) is 35.4 Å². The van der Waals surface area contributed by atoms with Gasteiger partial charge in [-0.2, -0.15) is 0 Å². The maximum Gasteiger partial charge on any atom is 0.0292 e. The Kier molecular flexibility index (Phi) is 2.66. The first-order valence-electron chi connectivity index (χ1n) is 4.06. The maximum absolute atomic E-state index is 5.84. The van der Waals surface area contributed by atoms with Crippen molar-refractivity contribution >= 4 is 0 Å². The van der Waals surface area contributed by atoms with Gasteiger partial charge < -0.3 is 5.73 Å². The topological polar surface area (TPSA) is 26.0 Å². The fourth-order valence-electron chi connectivity index (χ4n) is 1.05. The number of rotatable bonds is 2. The Morgan fingerprint density at radius 1 is 1.27 bits per heavy atom. The molecule has 0 fully saturated rings. The van der Waals surface area contributed by atoms with Crippen LogP contribution >= 0.6 is 0 Å². The van der Waals surface area contributed by atoms with Crippen LogP contribution in [-0.2, 0) is 0 Å². The van der Waals surface area contributed by atoms with Crippen LogP contribution in [0.25, 0.3) is 0 Å². The number of hydrogen-bond acceptors (Lipinski definition) is 1. The van der Waals surface area contributed by atoms with Crippen molar-refractivity contribution in [3.8, 4) is 0 Å². The van der Waals surface area contributed by atoms with Crippen LogP contribution in [0, 0.1) is 6.92 Å². The van der Waals surface area contributed by atoms with Crippen molar-refractivity contribution in [3.63, 3.8) is 0 Å². The van der Waals surface area contributed by atoms with E-state index in [1.807, 2.05) is 0 Å². The molecule has 0 radical (unpaired) electrons. The molecule has 0 aliphatic heterocycles. The zero-order valence-electron chi connectivity index (χ0n) is 7.17. The molecule has 1 unspecified atom stereocenters. The van der Waals surface area contributed by atoms with E-state index in [1.54, 1.807) is 0 Å². The molecule has 11 heavy (non-hydrogen) atoms. The first-order valence-corrected chi connectivity index (χ1v) is 4.06. The van der Waals surface area contributed by atoms with E-state index in [2.05, 4.69) is 38.1 Å². The first-order chi connectivity index (χ1) is 5.24. The molecule has 0 spiro atoms. The fraction of sp³-hybridized carbons (Fsp3) is 0.400. The van der Waals surface area contributed by atoms with Crippen molar-refractivity contribution in [2.45, 2.75) is 26.3 Å². The molecule has 0 saturated heterocycles. The van der Waals surface area contributed by atoms with Gasteiger partial charge in [0.05, 0.1) is 0 Å². The molecule has 1 aromatic rings. The van der Waals surface area contributed by atoms with Crippen molar-refractivity contribution in [1.29, 1.82) is 0 Å². The van der Waals surface area contributed by atoms with Gasteiger partial charge in [-0.25, -0.2) is 0 Å². The van der Waals surface area contributed by atoms with Gasteiger partial charge in [-0.3, -0.25) is 0 Å². The Balaban J connectivity index is 2.81. The smallest absolute Gasteiger partial charge is 0.0292 e. The highest BCUT2D eigenvalue weighted by Gasteiger charge is 2.00. The van der Waals surface area contributed by atoms with Crippen LogP contribution in [0.15, 0.2) is 24.3 Å². The summed E-state index contributed by atoms with van der Waals surface area (Å²) in [6, 6.07) is 8.61. The number of nitrogens with two attached hydrogens (primary N) is 1. The highest BCUT2D eigenvalue weighted by Crippen LogP contribution is 2.13. The van der Waals surface area contributed by atoms with E-state index >= 15 is 0 Å². The third-order valence-electron chi connectivity index (χ3n) is 1.95. The SMILES string of the molecule is CCC(N)c1ccc(C)cc1. The predicted octanol–water partition coefficient (Wildman–Crippen LogP) is 2.40. The molecular weight excluding hydrogens is 134 g/mol. The molecule has 0 aliphatic rings. The van der Waals surface area contributed by atoms with E-state index < -0.39 is 0 Å². The number of hydrogen-bond donors (Lipinski definition) is 1. The second-order valence-electron chi connectivity index (χ2n) is 2.93. The summed E-state index contributed by atoms with van der Waals surface area (Å²) in [7, 11) is 0. The van der Waals surface area contributed by atoms with E-state index in [0.717, 1.165) is 6.42 Å². The largest absolute Gasteiger partial charge is 0.324 e. The minimum absolute atomic E-state index is 0.204. The van der Waals surface area contributed by atoms with E-state index in [9.17, 15) is 0 Å². The Labute approximate surface area is 68.2 Å². The van der Waals surface area contributed by atoms with Gasteiger partial charge in [0.1, 0.15) is 0 Å². The lowest BCUT2D eigenvalue weighted by Crippen LogP contribution is -2.07. The van der Waals surface area contributed by atoms with Gasteiger partial charge >= 0.3 is 0 Å². The summed E-state index contributed by atoms with van der Waals surface area (Å²) in [4.78, 5) is 0. The summed E-state index contributed by atoms with van der Waals surface area (Å²) < 4.78 is 0. The average molecular weight is 149 g/mol. The third kappa shape index (κ3) is 2.05. The average Bonchev–Trinajstić information content (AvgIpc) is 2.05. The van der Waals surface area contributed by atoms with Gasteiger partial charge in [0.15, 0.2) is 0 Å². The molecule has 1 heteroatoms. The van der Waals surface area contributed by atoms with E-state index in [-0.39, 0.29) is 6.04 Å². The van der Waals surface area contributed by atoms with Gasteiger partial charge in [0.2, 0.25) is 0 Å². The van der Waals surface area contributed by atoms with Gasteiger partial charge in [-0.05, 0) is 18.9 Å². The van der Waals surface area contributed by atoms with Crippen LogP contribution in [0.4, 0.5) is 0 Å². The normalized spacial score (nSPS) is 13.0. The molecule has 0 heterocycles. The second-order valence-corrected chi connectivity index (χ2v) is 2.93. The first kappa shape index (κ1) is 8.28. The van der Waals surface area contributed by atoms with E-state index in [0.29, 0.717) is 0 Å². The lowest BCUT2D eigenvalue weighted by atomic mass is 10.0. The quantitative estimate of drug-likeness (QED) is 0.686. The summed E-state index contributed by atoms with van der Waals surface area (Å²) >= 11 is 0. The van der Waals surface area contributed by atoms with Crippen LogP contribution in [0.2, 0.25) is 0 Å². The fourth-order valence-corrected chi connectivity index (χ4v) is 1.05. The molecular formula is C10H15N. The van der Waals surface area contributed by atoms with Crippen LogP contribution in [-0.4, -0.2) is 0 Å². The summed E-state index contributed by atoms with van der Waals surface area (Å²) in [6.45, 7) is 4.19. The molecule has 2 N–H and O–H groups in total. The summed E-state index contributed by atoms with van der Waals surface area (Å²) in [5, 5.41) is 0. The second kappa shape index (κ2) is 3.54. The molecule has 0 saturated carbocycles. The maximum atomic E-state index is 5.84. The third-order valence-corrected chi connectivity index (χ3v) is 1.95. The van der Waals surface area contributed by atoms with Crippen molar-refractivity contribution < 1.29 is 0 Å². The van der Waals surface area contributed by atoms with Crippen LogP contribution < -0.4 is 5.73 Å². The molecule has 1 rings (SSSR count). The predicted molar refractivity (Wildman–Crippen MR) is 48.4 cm³/mol. The van der Waals surface area contributed by atoms with Gasteiger partial charge in [0.25, 0.3) is 0 Å². The minimum atomic E-state index is 0.204. The molecule has 0 aromatic heterocycles. The summed E-state index contributed by atoms with van der Waals surface area (Å²) in [5.74, 6) is 0. The monoisotopic (exact) mass is 149 g/mol.